The second-order valence-electron chi connectivity index (χ2n) is 5.92. The predicted octanol–water partition coefficient (Wildman–Crippen LogP) is 5.29. The van der Waals surface area contributed by atoms with Crippen LogP contribution in [0.15, 0.2) is 36.4 Å². The molecule has 0 aliphatic carbocycles. The van der Waals surface area contributed by atoms with Crippen molar-refractivity contribution >= 4 is 49.9 Å². The van der Waals surface area contributed by atoms with Crippen LogP contribution in [0.25, 0.3) is 0 Å². The average molecular weight is 370 g/mol. The Morgan fingerprint density at radius 1 is 1.12 bits per heavy atom. The number of hydrogen-bond donors (Lipinski definition) is 0. The zero-order valence-corrected chi connectivity index (χ0v) is 17.2. The van der Waals surface area contributed by atoms with Gasteiger partial charge in [0.15, 0.2) is 5.52 Å². The summed E-state index contributed by atoms with van der Waals surface area (Å²) in [6.07, 6.45) is 3.44. The summed E-state index contributed by atoms with van der Waals surface area (Å²) in [5.41, 5.74) is 2.72. The van der Waals surface area contributed by atoms with E-state index in [1.165, 1.54) is 12.8 Å². The van der Waals surface area contributed by atoms with Gasteiger partial charge in [0.05, 0.1) is 11.6 Å². The van der Waals surface area contributed by atoms with Gasteiger partial charge in [0, 0.05) is 24.4 Å². The number of carbonyl (C=O) groups is 1. The van der Waals surface area contributed by atoms with Gasteiger partial charge in [0.1, 0.15) is 5.75 Å². The summed E-state index contributed by atoms with van der Waals surface area (Å²) in [7, 11) is 0.0671. The monoisotopic (exact) mass is 369 g/mol. The largest absolute Gasteiger partial charge is 0.494 e. The van der Waals surface area contributed by atoms with Crippen LogP contribution < -0.4 is 10.0 Å². The minimum atomic E-state index is 0. The third kappa shape index (κ3) is 6.47. The number of unbranched alkanes of at least 4 members (excludes halogenated alkanes) is 2. The van der Waals surface area contributed by atoms with Crippen LogP contribution >= 0.6 is 20.2 Å². The molecule has 2 aromatic carbocycles. The summed E-state index contributed by atoms with van der Waals surface area (Å²) in [5, 5.41) is 1.57. The van der Waals surface area contributed by atoms with E-state index in [1.807, 2.05) is 44.2 Å². The van der Waals surface area contributed by atoms with Crippen LogP contribution in [0.3, 0.4) is 0 Å². The molecule has 1 radical (unpaired) electrons. The summed E-state index contributed by atoms with van der Waals surface area (Å²) in [4.78, 5) is 12.6. The van der Waals surface area contributed by atoms with E-state index in [-0.39, 0.29) is 33.0 Å². The molecule has 0 bridgehead atoms. The van der Waals surface area contributed by atoms with E-state index in [2.05, 4.69) is 6.92 Å². The first-order chi connectivity index (χ1) is 11.5. The predicted molar refractivity (Wildman–Crippen MR) is 110 cm³/mol. The molecule has 0 aliphatic rings. The zero-order chi connectivity index (χ0) is 17.5. The molecule has 5 heteroatoms. The smallest absolute Gasteiger partial charge is 0.187 e. The standard InChI is InChI=1S/C20H24ClO2P.Li/c1-4-5-6-12-23-16-10-11-18(15(3)13-16)24-20(22)19-14(2)8-7-9-17(19)21;/h7-11,13,24H,4-6,12H2,1-3H3;. The summed E-state index contributed by atoms with van der Waals surface area (Å²) < 4.78 is 5.77. The maximum atomic E-state index is 12.6. The normalized spacial score (nSPS) is 10.7. The number of benzene rings is 2. The van der Waals surface area contributed by atoms with E-state index in [9.17, 15) is 4.79 Å². The molecule has 25 heavy (non-hydrogen) atoms. The SMILES string of the molecule is CCCCCOc1ccc(PC(=O)c2c(C)cccc2Cl)c(C)c1.[Li]. The molecule has 0 aromatic heterocycles. The molecule has 0 heterocycles. The Kier molecular flexibility index (Phi) is 9.84. The van der Waals surface area contributed by atoms with Crippen molar-refractivity contribution in [3.63, 3.8) is 0 Å². The molecule has 0 saturated heterocycles. The first-order valence-electron chi connectivity index (χ1n) is 8.33. The molecule has 129 valence electrons. The molecule has 2 nitrogen and oxygen atoms in total. The Morgan fingerprint density at radius 2 is 1.88 bits per heavy atom. The van der Waals surface area contributed by atoms with Crippen LogP contribution in [0, 0.1) is 13.8 Å². The van der Waals surface area contributed by atoms with Crippen molar-refractivity contribution in [3.8, 4) is 5.75 Å². The molecule has 1 atom stereocenters. The number of rotatable bonds is 8. The molecule has 1 unspecified atom stereocenters. The number of aryl methyl sites for hydroxylation is 2. The quantitative estimate of drug-likeness (QED) is 0.359. The van der Waals surface area contributed by atoms with Crippen LogP contribution in [0.4, 0.5) is 0 Å². The fraction of sp³-hybridized carbons (Fsp3) is 0.350. The Labute approximate surface area is 169 Å². The Balaban J connectivity index is 0.00000312. The molecule has 2 aromatic rings. The minimum absolute atomic E-state index is 0. The topological polar surface area (TPSA) is 26.3 Å². The van der Waals surface area contributed by atoms with Crippen molar-refractivity contribution in [3.05, 3.63) is 58.1 Å². The van der Waals surface area contributed by atoms with Gasteiger partial charge < -0.3 is 4.74 Å². The van der Waals surface area contributed by atoms with Gasteiger partial charge in [-0.25, -0.2) is 0 Å². The van der Waals surface area contributed by atoms with Gasteiger partial charge in [-0.15, -0.1) is 0 Å². The maximum absolute atomic E-state index is 12.6. The van der Waals surface area contributed by atoms with E-state index in [0.717, 1.165) is 35.2 Å². The Morgan fingerprint density at radius 3 is 2.52 bits per heavy atom. The molecular formula is C20H24ClLiO2P. The molecule has 0 aliphatic heterocycles. The van der Waals surface area contributed by atoms with Crippen molar-refractivity contribution in [2.75, 3.05) is 6.61 Å². The van der Waals surface area contributed by atoms with Gasteiger partial charge in [-0.3, -0.25) is 4.79 Å². The Bertz CT molecular complexity index is 699. The molecule has 0 amide bonds. The molecule has 0 N–H and O–H groups in total. The van der Waals surface area contributed by atoms with Crippen molar-refractivity contribution in [1.29, 1.82) is 0 Å². The van der Waals surface area contributed by atoms with Crippen LogP contribution in [0.5, 0.6) is 5.75 Å². The summed E-state index contributed by atoms with van der Waals surface area (Å²) in [6.45, 7) is 6.86. The molecule has 0 spiro atoms. The number of halogens is 1. The number of ether oxygens (including phenoxy) is 1. The average Bonchev–Trinajstić information content (AvgIpc) is 2.54. The first kappa shape index (κ1) is 22.3. The minimum Gasteiger partial charge on any atom is -0.494 e. The van der Waals surface area contributed by atoms with E-state index in [4.69, 9.17) is 16.3 Å². The number of hydrogen-bond acceptors (Lipinski definition) is 2. The fourth-order valence-corrected chi connectivity index (χ4v) is 4.04. The van der Waals surface area contributed by atoms with Gasteiger partial charge in [-0.05, 0) is 63.5 Å². The van der Waals surface area contributed by atoms with E-state index in [1.54, 1.807) is 6.07 Å². The molecule has 0 fully saturated rings. The summed E-state index contributed by atoms with van der Waals surface area (Å²) in [6, 6.07) is 11.5. The first-order valence-corrected chi connectivity index (χ1v) is 9.70. The van der Waals surface area contributed by atoms with Gasteiger partial charge in [-0.2, -0.15) is 0 Å². The number of carbonyl (C=O) groups excluding carboxylic acids is 1. The van der Waals surface area contributed by atoms with E-state index < -0.39 is 0 Å². The fourth-order valence-electron chi connectivity index (χ4n) is 2.51. The van der Waals surface area contributed by atoms with Crippen LogP contribution in [0.1, 0.15) is 47.7 Å². The van der Waals surface area contributed by atoms with E-state index >= 15 is 0 Å². The molecular weight excluding hydrogens is 346 g/mol. The molecule has 2 rings (SSSR count). The summed E-state index contributed by atoms with van der Waals surface area (Å²) in [5.74, 6) is 0.874. The van der Waals surface area contributed by atoms with Crippen LogP contribution in [-0.2, 0) is 0 Å². The van der Waals surface area contributed by atoms with Gasteiger partial charge in [0.2, 0.25) is 0 Å². The van der Waals surface area contributed by atoms with Crippen LogP contribution in [-0.4, -0.2) is 31.0 Å². The third-order valence-corrected chi connectivity index (χ3v) is 5.53. The van der Waals surface area contributed by atoms with Crippen molar-refractivity contribution < 1.29 is 9.53 Å². The second-order valence-corrected chi connectivity index (χ2v) is 7.57. The van der Waals surface area contributed by atoms with Crippen LogP contribution in [0.2, 0.25) is 5.02 Å². The van der Waals surface area contributed by atoms with Crippen molar-refractivity contribution in [2.45, 2.75) is 40.0 Å². The third-order valence-electron chi connectivity index (χ3n) is 3.91. The van der Waals surface area contributed by atoms with Crippen molar-refractivity contribution in [2.24, 2.45) is 0 Å². The zero-order valence-electron chi connectivity index (χ0n) is 15.5. The second kappa shape index (κ2) is 11.0. The molecule has 0 saturated carbocycles. The Hall–Kier alpha value is -0.773. The summed E-state index contributed by atoms with van der Waals surface area (Å²) >= 11 is 6.20. The van der Waals surface area contributed by atoms with Crippen molar-refractivity contribution in [1.82, 2.24) is 0 Å². The van der Waals surface area contributed by atoms with Gasteiger partial charge in [-0.1, -0.05) is 49.6 Å². The maximum Gasteiger partial charge on any atom is 0.187 e. The van der Waals surface area contributed by atoms with Gasteiger partial charge >= 0.3 is 0 Å². The van der Waals surface area contributed by atoms with E-state index in [0.29, 0.717) is 10.6 Å². The van der Waals surface area contributed by atoms with Gasteiger partial charge in [0.25, 0.3) is 0 Å².